The molecule has 0 unspecified atom stereocenters. The van der Waals surface area contributed by atoms with Crippen molar-refractivity contribution in [3.05, 3.63) is 46.7 Å². The van der Waals surface area contributed by atoms with E-state index in [0.717, 1.165) is 25.1 Å². The first-order chi connectivity index (χ1) is 10.1. The Morgan fingerprint density at radius 3 is 2.48 bits per heavy atom. The lowest BCUT2D eigenvalue weighted by Crippen LogP contribution is -2.24. The Morgan fingerprint density at radius 2 is 1.86 bits per heavy atom. The normalized spacial score (nSPS) is 11.5. The van der Waals surface area contributed by atoms with Crippen molar-refractivity contribution in [3.8, 4) is 0 Å². The molecule has 0 radical (unpaired) electrons. The zero-order valence-electron chi connectivity index (χ0n) is 12.0. The van der Waals surface area contributed by atoms with Crippen LogP contribution < -0.4 is 10.0 Å². The summed E-state index contributed by atoms with van der Waals surface area (Å²) in [5.41, 5.74) is 0.931. The first-order valence-corrected chi connectivity index (χ1v) is 9.34. The molecule has 0 aliphatic rings. The molecule has 0 atom stereocenters. The van der Waals surface area contributed by atoms with Gasteiger partial charge in [-0.2, -0.15) is 0 Å². The Kier molecular flexibility index (Phi) is 5.78. The van der Waals surface area contributed by atoms with Crippen LogP contribution in [-0.2, 0) is 16.4 Å². The van der Waals surface area contributed by atoms with E-state index in [0.29, 0.717) is 11.4 Å². The largest absolute Gasteiger partial charge is 0.385 e. The van der Waals surface area contributed by atoms with E-state index < -0.39 is 10.0 Å². The zero-order valence-corrected chi connectivity index (χ0v) is 13.6. The highest BCUT2D eigenvalue weighted by Gasteiger charge is 2.12. The maximum Gasteiger partial charge on any atom is 0.240 e. The van der Waals surface area contributed by atoms with Crippen LogP contribution in [0.5, 0.6) is 0 Å². The number of rotatable bonds is 8. The predicted octanol–water partition coefficient (Wildman–Crippen LogP) is 3.09. The molecule has 2 aromatic rings. The molecule has 0 aliphatic carbocycles. The van der Waals surface area contributed by atoms with Gasteiger partial charge in [-0.25, -0.2) is 13.1 Å². The minimum atomic E-state index is -3.37. The van der Waals surface area contributed by atoms with Crippen LogP contribution in [0.25, 0.3) is 0 Å². The standard InChI is InChI=1S/C15H20N2O2S2/c1-2-10-17-21(18,19)15-7-5-13(6-8-15)16-11-9-14-4-3-12-20-14/h3-8,12,16-17H,2,9-11H2,1H3. The van der Waals surface area contributed by atoms with Gasteiger partial charge in [-0.05, 0) is 48.6 Å². The molecule has 2 N–H and O–H groups in total. The first-order valence-electron chi connectivity index (χ1n) is 6.98. The van der Waals surface area contributed by atoms with Crippen LogP contribution in [0.4, 0.5) is 5.69 Å². The molecule has 114 valence electrons. The lowest BCUT2D eigenvalue weighted by molar-refractivity contribution is 0.581. The van der Waals surface area contributed by atoms with E-state index in [2.05, 4.69) is 21.5 Å². The summed E-state index contributed by atoms with van der Waals surface area (Å²) in [5, 5.41) is 5.36. The molecule has 0 amide bonds. The van der Waals surface area contributed by atoms with Gasteiger partial charge in [0.15, 0.2) is 0 Å². The Labute approximate surface area is 130 Å². The molecule has 0 spiro atoms. The van der Waals surface area contributed by atoms with E-state index in [-0.39, 0.29) is 0 Å². The molecule has 1 heterocycles. The summed E-state index contributed by atoms with van der Waals surface area (Å²) in [4.78, 5) is 1.64. The fourth-order valence-corrected chi connectivity index (χ4v) is 3.70. The van der Waals surface area contributed by atoms with E-state index in [1.807, 2.05) is 13.0 Å². The topological polar surface area (TPSA) is 58.2 Å². The van der Waals surface area contributed by atoms with E-state index in [9.17, 15) is 8.42 Å². The summed E-state index contributed by atoms with van der Waals surface area (Å²) in [6.45, 7) is 3.23. The molecule has 1 aromatic carbocycles. The second-order valence-corrected chi connectivity index (χ2v) is 7.48. The van der Waals surface area contributed by atoms with Crippen molar-refractivity contribution in [2.75, 3.05) is 18.4 Å². The number of nitrogens with one attached hydrogen (secondary N) is 2. The van der Waals surface area contributed by atoms with Gasteiger partial charge in [0.2, 0.25) is 10.0 Å². The second-order valence-electron chi connectivity index (χ2n) is 4.68. The molecule has 6 heteroatoms. The lowest BCUT2D eigenvalue weighted by Gasteiger charge is -2.08. The maximum atomic E-state index is 11.9. The summed E-state index contributed by atoms with van der Waals surface area (Å²) < 4.78 is 26.4. The van der Waals surface area contributed by atoms with Crippen LogP contribution >= 0.6 is 11.3 Å². The fraction of sp³-hybridized carbons (Fsp3) is 0.333. The number of anilines is 1. The zero-order chi connectivity index (χ0) is 15.1. The van der Waals surface area contributed by atoms with Crippen molar-refractivity contribution in [2.24, 2.45) is 0 Å². The highest BCUT2D eigenvalue weighted by Crippen LogP contribution is 2.15. The number of thiophene rings is 1. The summed E-state index contributed by atoms with van der Waals surface area (Å²) in [6, 6.07) is 11.0. The van der Waals surface area contributed by atoms with Gasteiger partial charge in [-0.1, -0.05) is 13.0 Å². The van der Waals surface area contributed by atoms with Crippen LogP contribution in [0.15, 0.2) is 46.7 Å². The molecule has 2 rings (SSSR count). The smallest absolute Gasteiger partial charge is 0.240 e. The monoisotopic (exact) mass is 324 g/mol. The summed E-state index contributed by atoms with van der Waals surface area (Å²) in [6.07, 6.45) is 1.75. The average Bonchev–Trinajstić information content (AvgIpc) is 2.99. The van der Waals surface area contributed by atoms with Crippen molar-refractivity contribution in [3.63, 3.8) is 0 Å². The highest BCUT2D eigenvalue weighted by atomic mass is 32.2. The van der Waals surface area contributed by atoms with Gasteiger partial charge >= 0.3 is 0 Å². The Bertz CT molecular complexity index is 635. The molecule has 0 fully saturated rings. The highest BCUT2D eigenvalue weighted by molar-refractivity contribution is 7.89. The third-order valence-electron chi connectivity index (χ3n) is 2.99. The summed E-state index contributed by atoms with van der Waals surface area (Å²) >= 11 is 1.74. The van der Waals surface area contributed by atoms with Crippen molar-refractivity contribution < 1.29 is 8.42 Å². The molecule has 0 saturated heterocycles. The van der Waals surface area contributed by atoms with Gasteiger partial charge in [0.1, 0.15) is 0 Å². The van der Waals surface area contributed by atoms with E-state index in [1.54, 1.807) is 35.6 Å². The van der Waals surface area contributed by atoms with Crippen LogP contribution in [-0.4, -0.2) is 21.5 Å². The third-order valence-corrected chi connectivity index (χ3v) is 5.40. The molecule has 0 bridgehead atoms. The van der Waals surface area contributed by atoms with Crippen molar-refractivity contribution >= 4 is 27.0 Å². The molecule has 21 heavy (non-hydrogen) atoms. The van der Waals surface area contributed by atoms with E-state index in [1.165, 1.54) is 4.88 Å². The fourth-order valence-electron chi connectivity index (χ4n) is 1.86. The lowest BCUT2D eigenvalue weighted by atomic mass is 10.3. The molecular weight excluding hydrogens is 304 g/mol. The van der Waals surface area contributed by atoms with Gasteiger partial charge < -0.3 is 5.32 Å². The molecule has 0 saturated carbocycles. The Balaban J connectivity index is 1.89. The van der Waals surface area contributed by atoms with Gasteiger partial charge in [0.05, 0.1) is 4.90 Å². The van der Waals surface area contributed by atoms with Crippen LogP contribution in [0.1, 0.15) is 18.2 Å². The SMILES string of the molecule is CCCNS(=O)(=O)c1ccc(NCCc2cccs2)cc1. The molecule has 4 nitrogen and oxygen atoms in total. The van der Waals surface area contributed by atoms with Gasteiger partial charge in [0.25, 0.3) is 0 Å². The summed E-state index contributed by atoms with van der Waals surface area (Å²) in [7, 11) is -3.37. The van der Waals surface area contributed by atoms with Crippen LogP contribution in [0.2, 0.25) is 0 Å². The molecule has 1 aromatic heterocycles. The number of benzene rings is 1. The summed E-state index contributed by atoms with van der Waals surface area (Å²) in [5.74, 6) is 0. The van der Waals surface area contributed by atoms with Gasteiger partial charge in [0, 0.05) is 23.7 Å². The average molecular weight is 324 g/mol. The predicted molar refractivity (Wildman–Crippen MR) is 88.4 cm³/mol. The molecular formula is C15H20N2O2S2. The maximum absolute atomic E-state index is 11.9. The van der Waals surface area contributed by atoms with Gasteiger partial charge in [-0.3, -0.25) is 0 Å². The number of sulfonamides is 1. The number of hydrogen-bond acceptors (Lipinski definition) is 4. The minimum absolute atomic E-state index is 0.305. The minimum Gasteiger partial charge on any atom is -0.385 e. The Morgan fingerprint density at radius 1 is 1.10 bits per heavy atom. The van der Waals surface area contributed by atoms with Crippen molar-refractivity contribution in [1.82, 2.24) is 4.72 Å². The Hall–Kier alpha value is -1.37. The van der Waals surface area contributed by atoms with E-state index >= 15 is 0 Å². The van der Waals surface area contributed by atoms with Gasteiger partial charge in [-0.15, -0.1) is 11.3 Å². The third kappa shape index (κ3) is 4.84. The second kappa shape index (κ2) is 7.59. The first kappa shape index (κ1) is 16.0. The quantitative estimate of drug-likeness (QED) is 0.784. The van der Waals surface area contributed by atoms with Crippen molar-refractivity contribution in [2.45, 2.75) is 24.7 Å². The van der Waals surface area contributed by atoms with Crippen molar-refractivity contribution in [1.29, 1.82) is 0 Å². The number of hydrogen-bond donors (Lipinski definition) is 2. The van der Waals surface area contributed by atoms with Crippen LogP contribution in [0.3, 0.4) is 0 Å². The molecule has 0 aliphatic heterocycles. The van der Waals surface area contributed by atoms with E-state index in [4.69, 9.17) is 0 Å². The van der Waals surface area contributed by atoms with Crippen LogP contribution in [0, 0.1) is 0 Å².